The number of fused-ring (bicyclic) bond motifs is 5. The van der Waals surface area contributed by atoms with Crippen LogP contribution in [0, 0.1) is 0 Å². The summed E-state index contributed by atoms with van der Waals surface area (Å²) < 4.78 is 2.48. The molecule has 0 unspecified atom stereocenters. The summed E-state index contributed by atoms with van der Waals surface area (Å²) in [6.45, 7) is 13.8. The smallest absolute Gasteiger partial charge is 0.160 e. The third-order valence-corrected chi connectivity index (χ3v) is 11.9. The fourth-order valence-electron chi connectivity index (χ4n) is 8.59. The standard InChI is InChI=1S/C56H47N3/c1-55(2,3)42-25-28-52-47(33-42)48-34-43(56(4,5)6)26-29-53(48)59(52)51-30-27-44(45-19-13-14-20-46(45)51)39-23-21-36-22-24-40(32-41(36)31-39)54-57-49(37-15-9-7-10-16-37)35-50(58-54)38-17-11-8-12-18-38/h7-35H,1-6H3. The van der Waals surface area contributed by atoms with Gasteiger partial charge in [0.25, 0.3) is 0 Å². The van der Waals surface area contributed by atoms with Crippen molar-refractivity contribution in [2.24, 2.45) is 0 Å². The van der Waals surface area contributed by atoms with Crippen molar-refractivity contribution in [1.29, 1.82) is 0 Å². The molecule has 10 aromatic rings. The largest absolute Gasteiger partial charge is 0.309 e. The van der Waals surface area contributed by atoms with Crippen molar-refractivity contribution in [2.45, 2.75) is 52.4 Å². The average Bonchev–Trinajstić information content (AvgIpc) is 3.58. The summed E-state index contributed by atoms with van der Waals surface area (Å²) in [5, 5.41) is 7.36. The van der Waals surface area contributed by atoms with Gasteiger partial charge in [-0.15, -0.1) is 0 Å². The number of benzene rings is 8. The molecule has 59 heavy (non-hydrogen) atoms. The summed E-state index contributed by atoms with van der Waals surface area (Å²) in [7, 11) is 0. The molecule has 8 aromatic carbocycles. The molecule has 2 aromatic heterocycles. The van der Waals surface area contributed by atoms with E-state index in [1.54, 1.807) is 0 Å². The van der Waals surface area contributed by atoms with Crippen LogP contribution >= 0.6 is 0 Å². The van der Waals surface area contributed by atoms with Crippen LogP contribution in [0.2, 0.25) is 0 Å². The van der Waals surface area contributed by atoms with Crippen LogP contribution in [0.1, 0.15) is 52.7 Å². The van der Waals surface area contributed by atoms with Gasteiger partial charge in [-0.05, 0) is 97.8 Å². The van der Waals surface area contributed by atoms with Gasteiger partial charge in [0.05, 0.1) is 28.1 Å². The van der Waals surface area contributed by atoms with Crippen molar-refractivity contribution in [3.05, 3.63) is 187 Å². The van der Waals surface area contributed by atoms with E-state index in [9.17, 15) is 0 Å². The van der Waals surface area contributed by atoms with E-state index in [2.05, 4.69) is 210 Å². The van der Waals surface area contributed by atoms with Crippen LogP contribution < -0.4 is 0 Å². The summed E-state index contributed by atoms with van der Waals surface area (Å²) in [5.41, 5.74) is 13.7. The van der Waals surface area contributed by atoms with Crippen molar-refractivity contribution in [3.63, 3.8) is 0 Å². The molecule has 0 saturated heterocycles. The molecule has 0 fully saturated rings. The zero-order chi connectivity index (χ0) is 40.5. The molecule has 10 rings (SSSR count). The molecule has 0 spiro atoms. The Bertz CT molecular complexity index is 3080. The zero-order valence-electron chi connectivity index (χ0n) is 34.6. The Morgan fingerprint density at radius 2 is 0.881 bits per heavy atom. The summed E-state index contributed by atoms with van der Waals surface area (Å²) in [6.07, 6.45) is 0. The van der Waals surface area contributed by atoms with Gasteiger partial charge in [-0.2, -0.15) is 0 Å². The van der Waals surface area contributed by atoms with Crippen molar-refractivity contribution >= 4 is 43.4 Å². The number of hydrogen-bond acceptors (Lipinski definition) is 2. The van der Waals surface area contributed by atoms with Gasteiger partial charge in [-0.1, -0.05) is 169 Å². The Kier molecular flexibility index (Phi) is 8.61. The van der Waals surface area contributed by atoms with Crippen LogP contribution in [-0.2, 0) is 10.8 Å². The predicted molar refractivity (Wildman–Crippen MR) is 251 cm³/mol. The highest BCUT2D eigenvalue weighted by atomic mass is 15.0. The molecule has 0 aliphatic heterocycles. The second-order valence-corrected chi connectivity index (χ2v) is 17.9. The molecule has 0 aliphatic carbocycles. The van der Waals surface area contributed by atoms with Gasteiger partial charge in [0.1, 0.15) is 0 Å². The van der Waals surface area contributed by atoms with Crippen LogP contribution in [0.3, 0.4) is 0 Å². The maximum Gasteiger partial charge on any atom is 0.160 e. The van der Waals surface area contributed by atoms with Gasteiger partial charge in [0, 0.05) is 32.8 Å². The Labute approximate surface area is 346 Å². The molecule has 0 N–H and O–H groups in total. The summed E-state index contributed by atoms with van der Waals surface area (Å²) >= 11 is 0. The van der Waals surface area contributed by atoms with Crippen molar-refractivity contribution in [3.8, 4) is 50.7 Å². The molecule has 0 saturated carbocycles. The SMILES string of the molecule is CC(C)(C)c1ccc2c(c1)c1cc(C(C)(C)C)ccc1n2-c1ccc(-c2ccc3ccc(-c4nc(-c5ccccc5)cc(-c5ccccc5)n4)cc3c2)c2ccccc12. The minimum absolute atomic E-state index is 0.0452. The highest BCUT2D eigenvalue weighted by Gasteiger charge is 2.22. The fraction of sp³-hybridized carbons (Fsp3) is 0.143. The second-order valence-electron chi connectivity index (χ2n) is 17.9. The Balaban J connectivity index is 1.12. The van der Waals surface area contributed by atoms with E-state index in [0.29, 0.717) is 5.82 Å². The molecular formula is C56H47N3. The maximum absolute atomic E-state index is 5.12. The molecule has 0 atom stereocenters. The van der Waals surface area contributed by atoms with Crippen molar-refractivity contribution < 1.29 is 0 Å². The van der Waals surface area contributed by atoms with E-state index < -0.39 is 0 Å². The minimum Gasteiger partial charge on any atom is -0.309 e. The molecule has 3 nitrogen and oxygen atoms in total. The van der Waals surface area contributed by atoms with Gasteiger partial charge in [-0.3, -0.25) is 0 Å². The number of rotatable bonds is 5. The second kappa shape index (κ2) is 13.9. The van der Waals surface area contributed by atoms with Crippen molar-refractivity contribution in [1.82, 2.24) is 14.5 Å². The van der Waals surface area contributed by atoms with Crippen LogP contribution in [0.4, 0.5) is 0 Å². The molecule has 0 radical (unpaired) electrons. The molecule has 2 heterocycles. The van der Waals surface area contributed by atoms with E-state index >= 15 is 0 Å². The van der Waals surface area contributed by atoms with Crippen LogP contribution in [0.15, 0.2) is 176 Å². The lowest BCUT2D eigenvalue weighted by Crippen LogP contribution is -2.10. The Morgan fingerprint density at radius 3 is 1.44 bits per heavy atom. The first-order chi connectivity index (χ1) is 28.5. The van der Waals surface area contributed by atoms with Gasteiger partial charge < -0.3 is 4.57 Å². The molecular weight excluding hydrogens is 715 g/mol. The van der Waals surface area contributed by atoms with Gasteiger partial charge in [0.15, 0.2) is 5.82 Å². The van der Waals surface area contributed by atoms with Gasteiger partial charge in [-0.25, -0.2) is 9.97 Å². The first-order valence-corrected chi connectivity index (χ1v) is 20.7. The highest BCUT2D eigenvalue weighted by Crippen LogP contribution is 2.41. The zero-order valence-corrected chi connectivity index (χ0v) is 34.6. The average molecular weight is 762 g/mol. The van der Waals surface area contributed by atoms with E-state index in [4.69, 9.17) is 9.97 Å². The summed E-state index contributed by atoms with van der Waals surface area (Å²) in [4.78, 5) is 10.2. The van der Waals surface area contributed by atoms with Crippen LogP contribution in [0.25, 0.3) is 94.1 Å². The minimum atomic E-state index is 0.0452. The van der Waals surface area contributed by atoms with Crippen LogP contribution in [-0.4, -0.2) is 14.5 Å². The Hall–Kier alpha value is -6.84. The van der Waals surface area contributed by atoms with Gasteiger partial charge >= 0.3 is 0 Å². The first kappa shape index (κ1) is 36.5. The van der Waals surface area contributed by atoms with E-state index in [0.717, 1.165) is 33.5 Å². The third-order valence-electron chi connectivity index (χ3n) is 11.9. The maximum atomic E-state index is 5.12. The number of aromatic nitrogens is 3. The van der Waals surface area contributed by atoms with Gasteiger partial charge in [0.2, 0.25) is 0 Å². The predicted octanol–water partition coefficient (Wildman–Crippen LogP) is 15.1. The lowest BCUT2D eigenvalue weighted by molar-refractivity contribution is 0.590. The van der Waals surface area contributed by atoms with E-state index in [1.807, 2.05) is 12.1 Å². The molecule has 0 aliphatic rings. The molecule has 3 heteroatoms. The lowest BCUT2D eigenvalue weighted by atomic mass is 9.85. The molecule has 0 bridgehead atoms. The quantitative estimate of drug-likeness (QED) is 0.175. The van der Waals surface area contributed by atoms with E-state index in [1.165, 1.54) is 65.9 Å². The summed E-state index contributed by atoms with van der Waals surface area (Å²) in [5.74, 6) is 0.711. The monoisotopic (exact) mass is 761 g/mol. The third kappa shape index (κ3) is 6.57. The Morgan fingerprint density at radius 1 is 0.373 bits per heavy atom. The normalized spacial score (nSPS) is 12.2. The number of hydrogen-bond donors (Lipinski definition) is 0. The topological polar surface area (TPSA) is 30.7 Å². The summed E-state index contributed by atoms with van der Waals surface area (Å²) in [6, 6.07) is 63.8. The lowest BCUT2D eigenvalue weighted by Gasteiger charge is -2.19. The highest BCUT2D eigenvalue weighted by molar-refractivity contribution is 6.12. The van der Waals surface area contributed by atoms with Crippen molar-refractivity contribution in [2.75, 3.05) is 0 Å². The van der Waals surface area contributed by atoms with Crippen LogP contribution in [0.5, 0.6) is 0 Å². The fourth-order valence-corrected chi connectivity index (χ4v) is 8.59. The first-order valence-electron chi connectivity index (χ1n) is 20.7. The molecule has 286 valence electrons. The number of nitrogens with zero attached hydrogens (tertiary/aromatic N) is 3. The van der Waals surface area contributed by atoms with E-state index in [-0.39, 0.29) is 10.8 Å². The molecule has 0 amide bonds.